The Morgan fingerprint density at radius 1 is 1.05 bits per heavy atom. The maximum absolute atomic E-state index is 14.4. The van der Waals surface area contributed by atoms with Gasteiger partial charge in [-0.2, -0.15) is 5.10 Å². The number of carbonyl (C=O) groups is 1. The summed E-state index contributed by atoms with van der Waals surface area (Å²) in [5.41, 5.74) is 5.68. The Labute approximate surface area is 259 Å². The summed E-state index contributed by atoms with van der Waals surface area (Å²) in [5.74, 6) is -0.310. The number of carbonyl (C=O) groups excluding carboxylic acids is 1. The van der Waals surface area contributed by atoms with Gasteiger partial charge in [0.05, 0.1) is 30.5 Å². The molecule has 2 aromatic carbocycles. The lowest BCUT2D eigenvalue weighted by Crippen LogP contribution is -2.57. The summed E-state index contributed by atoms with van der Waals surface area (Å²) in [5, 5.41) is 24.0. The first kappa shape index (κ1) is 31.5. The Kier molecular flexibility index (Phi) is 9.04. The molecular weight excluding hydrogens is 557 g/mol. The average Bonchev–Trinajstić information content (AvgIpc) is 3.53. The normalized spacial score (nSPS) is 18.5. The molecular formula is C34H44FN7O2. The number of aryl methyl sites for hydroxylation is 1. The summed E-state index contributed by atoms with van der Waals surface area (Å²) in [6.45, 7) is 16.6. The number of para-hydroxylation sites is 1. The van der Waals surface area contributed by atoms with Gasteiger partial charge in [0.1, 0.15) is 11.5 Å². The molecule has 10 heteroatoms. The van der Waals surface area contributed by atoms with E-state index in [1.54, 1.807) is 27.6 Å². The molecule has 2 aromatic heterocycles. The number of halogens is 1. The molecule has 1 amide bonds. The van der Waals surface area contributed by atoms with E-state index in [2.05, 4.69) is 67.1 Å². The van der Waals surface area contributed by atoms with E-state index in [-0.39, 0.29) is 35.6 Å². The van der Waals surface area contributed by atoms with E-state index in [1.165, 1.54) is 11.6 Å². The Morgan fingerprint density at radius 2 is 1.70 bits per heavy atom. The quantitative estimate of drug-likeness (QED) is 0.309. The number of hydrogen-bond donors (Lipinski definition) is 1. The van der Waals surface area contributed by atoms with Crippen LogP contribution in [-0.4, -0.2) is 70.8 Å². The first-order valence-electron chi connectivity index (χ1n) is 15.3. The molecule has 3 heterocycles. The Bertz CT molecular complexity index is 1590. The molecule has 3 atom stereocenters. The third kappa shape index (κ3) is 6.76. The predicted octanol–water partition coefficient (Wildman–Crippen LogP) is 4.91. The van der Waals surface area contributed by atoms with Gasteiger partial charge < -0.3 is 10.0 Å². The summed E-state index contributed by atoms with van der Waals surface area (Å²) >= 11 is 0. The van der Waals surface area contributed by atoms with Gasteiger partial charge in [0, 0.05) is 49.2 Å². The minimum absolute atomic E-state index is 0.0399. The van der Waals surface area contributed by atoms with Crippen LogP contribution in [0.25, 0.3) is 5.69 Å². The molecule has 1 saturated heterocycles. The Hall–Kier alpha value is -3.89. The summed E-state index contributed by atoms with van der Waals surface area (Å²) in [4.78, 5) is 17.7. The molecule has 0 spiro atoms. The molecule has 44 heavy (non-hydrogen) atoms. The molecule has 1 unspecified atom stereocenters. The lowest BCUT2D eigenvalue weighted by Gasteiger charge is -2.44. The van der Waals surface area contributed by atoms with Gasteiger partial charge in [-0.15, -0.1) is 5.10 Å². The van der Waals surface area contributed by atoms with Crippen LogP contribution >= 0.6 is 0 Å². The predicted molar refractivity (Wildman–Crippen MR) is 168 cm³/mol. The fourth-order valence-electron chi connectivity index (χ4n) is 6.10. The van der Waals surface area contributed by atoms with Crippen LogP contribution in [0.1, 0.15) is 74.5 Å². The third-order valence-corrected chi connectivity index (χ3v) is 8.76. The smallest absolute Gasteiger partial charge is 0.227 e. The van der Waals surface area contributed by atoms with Gasteiger partial charge in [0.2, 0.25) is 5.91 Å². The van der Waals surface area contributed by atoms with Crippen LogP contribution in [0.5, 0.6) is 0 Å². The highest BCUT2D eigenvalue weighted by atomic mass is 19.1. The van der Waals surface area contributed by atoms with Crippen LogP contribution in [0, 0.1) is 19.7 Å². The molecule has 0 aliphatic carbocycles. The van der Waals surface area contributed by atoms with Crippen molar-refractivity contribution in [3.8, 4) is 5.69 Å². The van der Waals surface area contributed by atoms with Crippen molar-refractivity contribution in [1.82, 2.24) is 34.6 Å². The minimum Gasteiger partial charge on any atom is -0.386 e. The van der Waals surface area contributed by atoms with Crippen LogP contribution < -0.4 is 0 Å². The van der Waals surface area contributed by atoms with Gasteiger partial charge in [-0.05, 0) is 56.4 Å². The average molecular weight is 602 g/mol. The van der Waals surface area contributed by atoms with E-state index in [1.807, 2.05) is 37.1 Å². The summed E-state index contributed by atoms with van der Waals surface area (Å²) < 4.78 is 17.7. The second-order valence-corrected chi connectivity index (χ2v) is 13.2. The first-order valence-corrected chi connectivity index (χ1v) is 15.3. The van der Waals surface area contributed by atoms with Gasteiger partial charge >= 0.3 is 0 Å². The number of rotatable bonds is 8. The SMILES string of the molecule is Cc1nn(-c2ccccc2F)c(C)c1CC(=O)N1C[C@@H](C)N(Cc2cn(CC(O)c3ccc(C(C)(C)C)cc3)nn2)[C@@H](C)C1. The molecule has 1 aliphatic rings. The number of hydrogen-bond acceptors (Lipinski definition) is 6. The molecule has 1 aliphatic heterocycles. The van der Waals surface area contributed by atoms with Crippen molar-refractivity contribution in [3.05, 3.63) is 94.3 Å². The molecule has 1 N–H and O–H groups in total. The number of aliphatic hydroxyl groups excluding tert-OH is 1. The van der Waals surface area contributed by atoms with Gasteiger partial charge in [-0.3, -0.25) is 9.69 Å². The van der Waals surface area contributed by atoms with Crippen molar-refractivity contribution >= 4 is 5.91 Å². The third-order valence-electron chi connectivity index (χ3n) is 8.76. The highest BCUT2D eigenvalue weighted by Gasteiger charge is 2.33. The van der Waals surface area contributed by atoms with E-state index >= 15 is 0 Å². The van der Waals surface area contributed by atoms with E-state index in [0.717, 1.165) is 28.2 Å². The van der Waals surface area contributed by atoms with Crippen molar-refractivity contribution < 1.29 is 14.3 Å². The molecule has 4 aromatic rings. The second-order valence-electron chi connectivity index (χ2n) is 13.2. The van der Waals surface area contributed by atoms with Gasteiger partial charge in [0.25, 0.3) is 0 Å². The summed E-state index contributed by atoms with van der Waals surface area (Å²) in [6, 6.07) is 14.8. The molecule has 0 saturated carbocycles. The van der Waals surface area contributed by atoms with Crippen molar-refractivity contribution in [2.75, 3.05) is 13.1 Å². The van der Waals surface area contributed by atoms with E-state index in [4.69, 9.17) is 0 Å². The monoisotopic (exact) mass is 601 g/mol. The lowest BCUT2D eigenvalue weighted by molar-refractivity contribution is -0.135. The van der Waals surface area contributed by atoms with E-state index < -0.39 is 6.10 Å². The maximum atomic E-state index is 14.4. The molecule has 1 fully saturated rings. The summed E-state index contributed by atoms with van der Waals surface area (Å²) in [7, 11) is 0. The Morgan fingerprint density at radius 3 is 2.34 bits per heavy atom. The number of nitrogens with zero attached hydrogens (tertiary/aromatic N) is 7. The van der Waals surface area contributed by atoms with Gasteiger partial charge in [0.15, 0.2) is 0 Å². The number of aliphatic hydroxyl groups is 1. The van der Waals surface area contributed by atoms with Crippen molar-refractivity contribution in [2.45, 2.75) is 91.6 Å². The highest BCUT2D eigenvalue weighted by Crippen LogP contribution is 2.26. The summed E-state index contributed by atoms with van der Waals surface area (Å²) in [6.07, 6.45) is 1.43. The number of benzene rings is 2. The van der Waals surface area contributed by atoms with Crippen LogP contribution in [-0.2, 0) is 29.7 Å². The maximum Gasteiger partial charge on any atom is 0.227 e. The number of aromatic nitrogens is 5. The van der Waals surface area contributed by atoms with Crippen LogP contribution in [0.3, 0.4) is 0 Å². The van der Waals surface area contributed by atoms with Gasteiger partial charge in [-0.1, -0.05) is 62.4 Å². The molecule has 0 bridgehead atoms. The topological polar surface area (TPSA) is 92.3 Å². The number of piperazine rings is 1. The Balaban J connectivity index is 1.18. The molecule has 0 radical (unpaired) electrons. The standard InChI is InChI=1S/C34H44FN7O2/c1-22-17-39(33(44)16-29-24(3)37-42(25(29)4)31-11-9-8-10-30(31)35)18-23(2)41(22)20-28-19-40(38-36-28)21-32(43)26-12-14-27(15-13-26)34(5,6)7/h8-15,19,22-23,32,43H,16-18,20-21H2,1-7H3/t22-,23+,32?. The zero-order valence-corrected chi connectivity index (χ0v) is 26.8. The fraction of sp³-hybridized carbons (Fsp3) is 0.471. The first-order chi connectivity index (χ1) is 20.8. The molecule has 234 valence electrons. The fourth-order valence-corrected chi connectivity index (χ4v) is 6.10. The lowest BCUT2D eigenvalue weighted by atomic mass is 9.86. The van der Waals surface area contributed by atoms with Crippen LogP contribution in [0.2, 0.25) is 0 Å². The van der Waals surface area contributed by atoms with E-state index in [0.29, 0.717) is 31.9 Å². The van der Waals surface area contributed by atoms with Crippen LogP contribution in [0.15, 0.2) is 54.7 Å². The van der Waals surface area contributed by atoms with Crippen molar-refractivity contribution in [3.63, 3.8) is 0 Å². The number of amides is 1. The van der Waals surface area contributed by atoms with Crippen LogP contribution in [0.4, 0.5) is 4.39 Å². The zero-order chi connectivity index (χ0) is 31.8. The van der Waals surface area contributed by atoms with Crippen molar-refractivity contribution in [2.24, 2.45) is 0 Å². The van der Waals surface area contributed by atoms with Crippen molar-refractivity contribution in [1.29, 1.82) is 0 Å². The van der Waals surface area contributed by atoms with E-state index in [9.17, 15) is 14.3 Å². The minimum atomic E-state index is -0.683. The second kappa shape index (κ2) is 12.6. The highest BCUT2D eigenvalue weighted by molar-refractivity contribution is 5.79. The molecule has 5 rings (SSSR count). The molecule has 9 nitrogen and oxygen atoms in total. The zero-order valence-electron chi connectivity index (χ0n) is 26.8. The van der Waals surface area contributed by atoms with Gasteiger partial charge in [-0.25, -0.2) is 13.8 Å². The largest absolute Gasteiger partial charge is 0.386 e.